The lowest BCUT2D eigenvalue weighted by Gasteiger charge is -2.12. The fourth-order valence-corrected chi connectivity index (χ4v) is 2.61. The molecule has 0 saturated carbocycles. The topological polar surface area (TPSA) is 12.0 Å². The van der Waals surface area contributed by atoms with Crippen molar-refractivity contribution in [2.75, 3.05) is 0 Å². The predicted octanol–water partition coefficient (Wildman–Crippen LogP) is 4.05. The van der Waals surface area contributed by atoms with Crippen LogP contribution in [0.15, 0.2) is 36.4 Å². The van der Waals surface area contributed by atoms with Gasteiger partial charge in [-0.2, -0.15) is 0 Å². The average molecular weight is 249 g/mol. The standard InChI is InChI=1S/C14H16FNS/c1-10-6-7-14(17-10)11(2)16-9-12-4-3-5-13(15)8-12/h3-8,11,16H,9H2,1-2H3. The van der Waals surface area contributed by atoms with Gasteiger partial charge in [0.15, 0.2) is 0 Å². The molecule has 90 valence electrons. The SMILES string of the molecule is Cc1ccc(C(C)NCc2cccc(F)c2)s1. The number of aryl methyl sites for hydroxylation is 1. The summed E-state index contributed by atoms with van der Waals surface area (Å²) >= 11 is 1.80. The summed E-state index contributed by atoms with van der Waals surface area (Å²) < 4.78 is 13.0. The van der Waals surface area contributed by atoms with E-state index in [0.29, 0.717) is 12.6 Å². The minimum absolute atomic E-state index is 0.177. The van der Waals surface area contributed by atoms with E-state index in [1.165, 1.54) is 15.8 Å². The molecule has 0 aliphatic rings. The Kier molecular flexibility index (Phi) is 3.92. The van der Waals surface area contributed by atoms with Gasteiger partial charge >= 0.3 is 0 Å². The second kappa shape index (κ2) is 5.43. The van der Waals surface area contributed by atoms with E-state index in [-0.39, 0.29) is 5.82 Å². The van der Waals surface area contributed by atoms with Crippen molar-refractivity contribution in [1.82, 2.24) is 5.32 Å². The third kappa shape index (κ3) is 3.38. The van der Waals surface area contributed by atoms with Gasteiger partial charge in [0.25, 0.3) is 0 Å². The summed E-state index contributed by atoms with van der Waals surface area (Å²) in [6, 6.07) is 11.3. The lowest BCUT2D eigenvalue weighted by atomic mass is 10.2. The van der Waals surface area contributed by atoms with Crippen molar-refractivity contribution in [3.05, 3.63) is 57.5 Å². The molecule has 1 aromatic carbocycles. The van der Waals surface area contributed by atoms with Crippen LogP contribution in [0.5, 0.6) is 0 Å². The number of thiophene rings is 1. The Morgan fingerprint density at radius 3 is 2.76 bits per heavy atom. The summed E-state index contributed by atoms with van der Waals surface area (Å²) in [6.45, 7) is 4.92. The highest BCUT2D eigenvalue weighted by Gasteiger charge is 2.06. The summed E-state index contributed by atoms with van der Waals surface area (Å²) in [7, 11) is 0. The van der Waals surface area contributed by atoms with Crippen LogP contribution in [0.25, 0.3) is 0 Å². The zero-order valence-corrected chi connectivity index (χ0v) is 10.9. The molecule has 1 nitrogen and oxygen atoms in total. The van der Waals surface area contributed by atoms with Crippen molar-refractivity contribution in [2.45, 2.75) is 26.4 Å². The molecular formula is C14H16FNS. The van der Waals surface area contributed by atoms with Crippen LogP contribution >= 0.6 is 11.3 Å². The van der Waals surface area contributed by atoms with E-state index in [1.807, 2.05) is 6.07 Å². The summed E-state index contributed by atoms with van der Waals surface area (Å²) in [6.07, 6.45) is 0. The average Bonchev–Trinajstić information content (AvgIpc) is 2.73. The van der Waals surface area contributed by atoms with Gasteiger partial charge in [0.2, 0.25) is 0 Å². The minimum Gasteiger partial charge on any atom is -0.305 e. The Morgan fingerprint density at radius 2 is 2.12 bits per heavy atom. The van der Waals surface area contributed by atoms with Crippen LogP contribution in [-0.2, 0) is 6.54 Å². The Morgan fingerprint density at radius 1 is 1.29 bits per heavy atom. The van der Waals surface area contributed by atoms with Crippen LogP contribution in [0.2, 0.25) is 0 Å². The van der Waals surface area contributed by atoms with Gasteiger partial charge < -0.3 is 5.32 Å². The Balaban J connectivity index is 1.94. The summed E-state index contributed by atoms with van der Waals surface area (Å²) in [5.74, 6) is -0.177. The minimum atomic E-state index is -0.177. The van der Waals surface area contributed by atoms with Gasteiger partial charge in [-0.25, -0.2) is 4.39 Å². The maximum absolute atomic E-state index is 13.0. The van der Waals surface area contributed by atoms with Gasteiger partial charge in [0.05, 0.1) is 0 Å². The summed E-state index contributed by atoms with van der Waals surface area (Å²) in [5.41, 5.74) is 0.977. The van der Waals surface area contributed by atoms with Crippen molar-refractivity contribution in [2.24, 2.45) is 0 Å². The summed E-state index contributed by atoms with van der Waals surface area (Å²) in [5, 5.41) is 3.40. The third-order valence-corrected chi connectivity index (χ3v) is 3.87. The molecule has 0 amide bonds. The zero-order chi connectivity index (χ0) is 12.3. The van der Waals surface area contributed by atoms with Crippen LogP contribution in [-0.4, -0.2) is 0 Å². The molecule has 0 aliphatic heterocycles. The molecule has 1 unspecified atom stereocenters. The van der Waals surface area contributed by atoms with Crippen LogP contribution < -0.4 is 5.32 Å². The highest BCUT2D eigenvalue weighted by atomic mass is 32.1. The highest BCUT2D eigenvalue weighted by molar-refractivity contribution is 7.12. The van der Waals surface area contributed by atoms with E-state index < -0.39 is 0 Å². The van der Waals surface area contributed by atoms with Gasteiger partial charge in [-0.3, -0.25) is 0 Å². The van der Waals surface area contributed by atoms with Crippen molar-refractivity contribution >= 4 is 11.3 Å². The largest absolute Gasteiger partial charge is 0.305 e. The normalized spacial score (nSPS) is 12.6. The maximum Gasteiger partial charge on any atom is 0.123 e. The highest BCUT2D eigenvalue weighted by Crippen LogP contribution is 2.22. The smallest absolute Gasteiger partial charge is 0.123 e. The van der Waals surface area contributed by atoms with E-state index in [9.17, 15) is 4.39 Å². The molecule has 0 radical (unpaired) electrons. The van der Waals surface area contributed by atoms with Crippen LogP contribution in [0, 0.1) is 12.7 Å². The van der Waals surface area contributed by atoms with Gasteiger partial charge in [0, 0.05) is 22.3 Å². The lowest BCUT2D eigenvalue weighted by Crippen LogP contribution is -2.17. The molecule has 17 heavy (non-hydrogen) atoms. The monoisotopic (exact) mass is 249 g/mol. The fraction of sp³-hybridized carbons (Fsp3) is 0.286. The number of hydrogen-bond acceptors (Lipinski definition) is 2. The Bertz CT molecular complexity index is 492. The van der Waals surface area contributed by atoms with Crippen LogP contribution in [0.1, 0.15) is 28.3 Å². The van der Waals surface area contributed by atoms with Crippen molar-refractivity contribution in [3.63, 3.8) is 0 Å². The van der Waals surface area contributed by atoms with E-state index in [2.05, 4.69) is 31.3 Å². The van der Waals surface area contributed by atoms with Gasteiger partial charge in [0.1, 0.15) is 5.82 Å². The van der Waals surface area contributed by atoms with Crippen molar-refractivity contribution < 1.29 is 4.39 Å². The molecule has 0 fully saturated rings. The third-order valence-electron chi connectivity index (χ3n) is 2.69. The molecule has 2 aromatic rings. The Hall–Kier alpha value is -1.19. The van der Waals surface area contributed by atoms with Gasteiger partial charge in [-0.15, -0.1) is 11.3 Å². The van der Waals surface area contributed by atoms with Gasteiger partial charge in [-0.1, -0.05) is 12.1 Å². The molecule has 1 aromatic heterocycles. The van der Waals surface area contributed by atoms with Crippen LogP contribution in [0.3, 0.4) is 0 Å². The van der Waals surface area contributed by atoms with Gasteiger partial charge in [-0.05, 0) is 43.7 Å². The Labute approximate surface area is 105 Å². The van der Waals surface area contributed by atoms with E-state index in [4.69, 9.17) is 0 Å². The first kappa shape index (κ1) is 12.3. The quantitative estimate of drug-likeness (QED) is 0.862. The molecule has 1 heterocycles. The predicted molar refractivity (Wildman–Crippen MR) is 70.7 cm³/mol. The first-order valence-corrected chi connectivity index (χ1v) is 6.51. The van der Waals surface area contributed by atoms with E-state index in [0.717, 1.165) is 5.56 Å². The lowest BCUT2D eigenvalue weighted by molar-refractivity contribution is 0.576. The number of benzene rings is 1. The van der Waals surface area contributed by atoms with Crippen molar-refractivity contribution in [3.8, 4) is 0 Å². The van der Waals surface area contributed by atoms with Crippen LogP contribution in [0.4, 0.5) is 4.39 Å². The number of nitrogens with one attached hydrogen (secondary N) is 1. The number of rotatable bonds is 4. The van der Waals surface area contributed by atoms with E-state index >= 15 is 0 Å². The molecule has 3 heteroatoms. The molecule has 0 aliphatic carbocycles. The second-order valence-corrected chi connectivity index (χ2v) is 5.50. The zero-order valence-electron chi connectivity index (χ0n) is 10.0. The fourth-order valence-electron chi connectivity index (χ4n) is 1.70. The molecule has 2 rings (SSSR count). The number of halogens is 1. The molecule has 0 bridgehead atoms. The maximum atomic E-state index is 13.0. The first-order valence-electron chi connectivity index (χ1n) is 5.69. The molecule has 1 N–H and O–H groups in total. The summed E-state index contributed by atoms with van der Waals surface area (Å²) in [4.78, 5) is 2.64. The molecule has 1 atom stereocenters. The molecular weight excluding hydrogens is 233 g/mol. The number of hydrogen-bond donors (Lipinski definition) is 1. The molecule has 0 spiro atoms. The van der Waals surface area contributed by atoms with Crippen molar-refractivity contribution in [1.29, 1.82) is 0 Å². The van der Waals surface area contributed by atoms with E-state index in [1.54, 1.807) is 23.5 Å². The molecule has 0 saturated heterocycles. The second-order valence-electron chi connectivity index (χ2n) is 4.18. The first-order chi connectivity index (χ1) is 8.15.